The lowest BCUT2D eigenvalue weighted by Gasteiger charge is -2.07. The molecule has 0 saturated carbocycles. The Bertz CT molecular complexity index is 550. The van der Waals surface area contributed by atoms with Gasteiger partial charge in [-0.3, -0.25) is 4.79 Å². The number of methoxy groups -OCH3 is 1. The van der Waals surface area contributed by atoms with Crippen molar-refractivity contribution in [2.75, 3.05) is 20.2 Å². The van der Waals surface area contributed by atoms with E-state index in [1.165, 1.54) is 5.56 Å². The van der Waals surface area contributed by atoms with Crippen LogP contribution in [0, 0.1) is 0 Å². The van der Waals surface area contributed by atoms with Crippen LogP contribution in [0.3, 0.4) is 0 Å². The minimum atomic E-state index is 0.0560. The van der Waals surface area contributed by atoms with Crippen molar-refractivity contribution >= 4 is 5.91 Å². The summed E-state index contributed by atoms with van der Waals surface area (Å²) in [5.74, 6) is 1.77. The minimum absolute atomic E-state index is 0.0560. The summed E-state index contributed by atoms with van der Waals surface area (Å²) < 4.78 is 10.3. The van der Waals surface area contributed by atoms with Gasteiger partial charge in [-0.05, 0) is 36.2 Å². The van der Waals surface area contributed by atoms with Crippen LogP contribution in [0.5, 0.6) is 5.75 Å². The van der Waals surface area contributed by atoms with Crippen LogP contribution in [0.15, 0.2) is 47.1 Å². The molecule has 0 bridgehead atoms. The maximum absolute atomic E-state index is 11.7. The Morgan fingerprint density at radius 3 is 2.68 bits per heavy atom. The number of ether oxygens (including phenoxy) is 1. The van der Waals surface area contributed by atoms with Gasteiger partial charge >= 0.3 is 0 Å². The molecule has 0 radical (unpaired) electrons. The largest absolute Gasteiger partial charge is 0.497 e. The van der Waals surface area contributed by atoms with E-state index in [4.69, 9.17) is 9.15 Å². The highest BCUT2D eigenvalue weighted by Crippen LogP contribution is 2.11. The second kappa shape index (κ2) is 8.89. The maximum atomic E-state index is 11.7. The standard InChI is InChI=1S/C17H22N2O3/c1-21-15-6-4-14(5-7-15)8-11-19-17(20)9-10-18-13-16-3-2-12-22-16/h2-7,12,18H,8-11,13H2,1H3,(H,19,20). The van der Waals surface area contributed by atoms with Crippen molar-refractivity contribution < 1.29 is 13.9 Å². The summed E-state index contributed by atoms with van der Waals surface area (Å²) in [7, 11) is 1.65. The third-order valence-corrected chi connectivity index (χ3v) is 3.30. The van der Waals surface area contributed by atoms with E-state index >= 15 is 0 Å². The first-order chi connectivity index (χ1) is 10.8. The summed E-state index contributed by atoms with van der Waals surface area (Å²) in [6, 6.07) is 11.6. The van der Waals surface area contributed by atoms with Crippen LogP contribution < -0.4 is 15.4 Å². The number of rotatable bonds is 9. The number of hydrogen-bond donors (Lipinski definition) is 2. The Morgan fingerprint density at radius 1 is 1.18 bits per heavy atom. The van der Waals surface area contributed by atoms with Crippen molar-refractivity contribution in [2.45, 2.75) is 19.4 Å². The summed E-state index contributed by atoms with van der Waals surface area (Å²) in [6.45, 7) is 1.92. The van der Waals surface area contributed by atoms with Gasteiger partial charge in [0.2, 0.25) is 5.91 Å². The van der Waals surface area contributed by atoms with Gasteiger partial charge in [0.25, 0.3) is 0 Å². The monoisotopic (exact) mass is 302 g/mol. The Morgan fingerprint density at radius 2 is 2.00 bits per heavy atom. The predicted octanol–water partition coefficient (Wildman–Crippen LogP) is 2.13. The van der Waals surface area contributed by atoms with Gasteiger partial charge in [-0.15, -0.1) is 0 Å². The quantitative estimate of drug-likeness (QED) is 0.697. The van der Waals surface area contributed by atoms with Crippen molar-refractivity contribution in [3.05, 3.63) is 54.0 Å². The molecule has 2 N–H and O–H groups in total. The third kappa shape index (κ3) is 5.61. The molecule has 0 aliphatic rings. The number of amides is 1. The second-order valence-corrected chi connectivity index (χ2v) is 4.95. The fourth-order valence-corrected chi connectivity index (χ4v) is 2.05. The maximum Gasteiger partial charge on any atom is 0.221 e. The van der Waals surface area contributed by atoms with Gasteiger partial charge in [-0.1, -0.05) is 12.1 Å². The van der Waals surface area contributed by atoms with E-state index < -0.39 is 0 Å². The summed E-state index contributed by atoms with van der Waals surface area (Å²) in [5.41, 5.74) is 1.18. The normalized spacial score (nSPS) is 10.4. The minimum Gasteiger partial charge on any atom is -0.497 e. The van der Waals surface area contributed by atoms with Crippen molar-refractivity contribution in [1.82, 2.24) is 10.6 Å². The summed E-state index contributed by atoms with van der Waals surface area (Å²) >= 11 is 0. The van der Waals surface area contributed by atoms with Gasteiger partial charge in [0, 0.05) is 19.5 Å². The molecule has 0 atom stereocenters. The molecule has 1 amide bonds. The highest BCUT2D eigenvalue weighted by Gasteiger charge is 2.02. The van der Waals surface area contributed by atoms with Crippen LogP contribution in [0.25, 0.3) is 0 Å². The van der Waals surface area contributed by atoms with Crippen LogP contribution in [-0.4, -0.2) is 26.1 Å². The molecular weight excluding hydrogens is 280 g/mol. The Hall–Kier alpha value is -2.27. The molecule has 1 aromatic carbocycles. The van der Waals surface area contributed by atoms with Gasteiger partial charge < -0.3 is 19.8 Å². The average Bonchev–Trinajstić information content (AvgIpc) is 3.06. The Labute approximate surface area is 130 Å². The molecule has 2 rings (SSSR count). The number of hydrogen-bond acceptors (Lipinski definition) is 4. The van der Waals surface area contributed by atoms with Crippen molar-refractivity contribution in [2.24, 2.45) is 0 Å². The zero-order valence-corrected chi connectivity index (χ0v) is 12.8. The molecule has 0 unspecified atom stereocenters. The number of nitrogens with one attached hydrogen (secondary N) is 2. The number of carbonyl (C=O) groups excluding carboxylic acids is 1. The highest BCUT2D eigenvalue weighted by molar-refractivity contribution is 5.76. The molecule has 22 heavy (non-hydrogen) atoms. The zero-order valence-electron chi connectivity index (χ0n) is 12.8. The van der Waals surface area contributed by atoms with Gasteiger partial charge in [0.15, 0.2) is 0 Å². The SMILES string of the molecule is COc1ccc(CCNC(=O)CCNCc2ccco2)cc1. The lowest BCUT2D eigenvalue weighted by atomic mass is 10.1. The Kier molecular flexibility index (Phi) is 6.51. The predicted molar refractivity (Wildman–Crippen MR) is 84.7 cm³/mol. The van der Waals surface area contributed by atoms with E-state index in [0.717, 1.165) is 17.9 Å². The molecule has 5 nitrogen and oxygen atoms in total. The van der Waals surface area contributed by atoms with Gasteiger partial charge in [-0.25, -0.2) is 0 Å². The molecule has 5 heteroatoms. The van der Waals surface area contributed by atoms with Gasteiger partial charge in [0.05, 0.1) is 19.9 Å². The molecule has 2 aromatic rings. The van der Waals surface area contributed by atoms with Crippen LogP contribution in [0.2, 0.25) is 0 Å². The summed E-state index contributed by atoms with van der Waals surface area (Å²) in [6.07, 6.45) is 2.92. The van der Waals surface area contributed by atoms with Gasteiger partial charge in [0.1, 0.15) is 11.5 Å². The van der Waals surface area contributed by atoms with E-state index in [0.29, 0.717) is 26.1 Å². The number of benzene rings is 1. The Balaban J connectivity index is 1.55. The lowest BCUT2D eigenvalue weighted by Crippen LogP contribution is -2.29. The van der Waals surface area contributed by atoms with Crippen LogP contribution >= 0.6 is 0 Å². The highest BCUT2D eigenvalue weighted by atomic mass is 16.5. The molecule has 118 valence electrons. The van der Waals surface area contributed by atoms with E-state index in [-0.39, 0.29) is 5.91 Å². The smallest absolute Gasteiger partial charge is 0.221 e. The molecule has 0 aliphatic carbocycles. The molecule has 0 aliphatic heterocycles. The number of furan rings is 1. The van der Waals surface area contributed by atoms with E-state index in [2.05, 4.69) is 10.6 Å². The van der Waals surface area contributed by atoms with Crippen LogP contribution in [0.1, 0.15) is 17.7 Å². The van der Waals surface area contributed by atoms with E-state index in [1.807, 2.05) is 36.4 Å². The fourth-order valence-electron chi connectivity index (χ4n) is 2.05. The fraction of sp³-hybridized carbons (Fsp3) is 0.353. The van der Waals surface area contributed by atoms with Crippen LogP contribution in [-0.2, 0) is 17.8 Å². The molecule has 1 heterocycles. The first-order valence-electron chi connectivity index (χ1n) is 7.40. The average molecular weight is 302 g/mol. The first-order valence-corrected chi connectivity index (χ1v) is 7.40. The van der Waals surface area contributed by atoms with E-state index in [9.17, 15) is 4.79 Å². The second-order valence-electron chi connectivity index (χ2n) is 4.95. The summed E-state index contributed by atoms with van der Waals surface area (Å²) in [5, 5.41) is 6.09. The molecule has 0 fully saturated rings. The summed E-state index contributed by atoms with van der Waals surface area (Å²) in [4.78, 5) is 11.7. The third-order valence-electron chi connectivity index (χ3n) is 3.30. The molecular formula is C17H22N2O3. The first kappa shape index (κ1) is 16.1. The van der Waals surface area contributed by atoms with Crippen molar-refractivity contribution in [3.8, 4) is 5.75 Å². The molecule has 0 spiro atoms. The van der Waals surface area contributed by atoms with Crippen LogP contribution in [0.4, 0.5) is 0 Å². The van der Waals surface area contributed by atoms with Gasteiger partial charge in [-0.2, -0.15) is 0 Å². The van der Waals surface area contributed by atoms with Crippen molar-refractivity contribution in [1.29, 1.82) is 0 Å². The topological polar surface area (TPSA) is 63.5 Å². The molecule has 1 aromatic heterocycles. The zero-order chi connectivity index (χ0) is 15.6. The lowest BCUT2D eigenvalue weighted by molar-refractivity contribution is -0.120. The number of carbonyl (C=O) groups is 1. The molecule has 0 saturated heterocycles. The van der Waals surface area contributed by atoms with Crippen molar-refractivity contribution in [3.63, 3.8) is 0 Å². The van der Waals surface area contributed by atoms with E-state index in [1.54, 1.807) is 13.4 Å².